The molecule has 0 aliphatic carbocycles. The zero-order chi connectivity index (χ0) is 17.4. The Kier molecular flexibility index (Phi) is 9.02. The molecule has 2 amide bonds. The highest BCUT2D eigenvalue weighted by Gasteiger charge is 2.29. The Morgan fingerprint density at radius 3 is 2.80 bits per heavy atom. The molecule has 0 saturated carbocycles. The summed E-state index contributed by atoms with van der Waals surface area (Å²) in [5.74, 6) is 0.543. The number of carbonyl (C=O) groups is 2. The van der Waals surface area contributed by atoms with Crippen LogP contribution in [0, 0.1) is 0 Å². The van der Waals surface area contributed by atoms with Gasteiger partial charge in [0.05, 0.1) is 19.6 Å². The molecule has 25 heavy (non-hydrogen) atoms. The number of nitrogens with one attached hydrogen (secondary N) is 2. The number of unbranched alkanes of at least 4 members (excludes halogenated alkanes) is 1. The van der Waals surface area contributed by atoms with Gasteiger partial charge in [0, 0.05) is 25.3 Å². The number of carbonyl (C=O) groups excluding carboxylic acids is 2. The van der Waals surface area contributed by atoms with Crippen LogP contribution >= 0.6 is 12.4 Å². The molecule has 7 heteroatoms. The summed E-state index contributed by atoms with van der Waals surface area (Å²) in [5, 5.41) is 5.94. The zero-order valence-corrected chi connectivity index (χ0v) is 15.3. The first-order valence-electron chi connectivity index (χ1n) is 8.21. The Hall–Kier alpha value is -2.05. The minimum Gasteiger partial charge on any atom is -0.497 e. The number of anilines is 1. The second-order valence-electron chi connectivity index (χ2n) is 5.74. The van der Waals surface area contributed by atoms with E-state index >= 15 is 0 Å². The maximum Gasteiger partial charge on any atom is 0.240 e. The van der Waals surface area contributed by atoms with Crippen molar-refractivity contribution in [1.82, 2.24) is 10.2 Å². The number of allylic oxidation sites excluding steroid dienone is 1. The van der Waals surface area contributed by atoms with Gasteiger partial charge in [-0.3, -0.25) is 9.59 Å². The van der Waals surface area contributed by atoms with Gasteiger partial charge in [-0.05, 0) is 37.1 Å². The van der Waals surface area contributed by atoms with E-state index in [1.807, 2.05) is 11.0 Å². The van der Waals surface area contributed by atoms with Crippen LogP contribution in [0.1, 0.15) is 19.3 Å². The maximum atomic E-state index is 12.4. The van der Waals surface area contributed by atoms with Crippen LogP contribution in [0.25, 0.3) is 0 Å². The van der Waals surface area contributed by atoms with E-state index in [0.29, 0.717) is 25.3 Å². The minimum atomic E-state index is -0.458. The standard InChI is InChI=1S/C18H25N3O3.ClH/c1-3-4-5-11-21-12-10-19-16(18(21)23)13-17(22)20-14-6-8-15(24-2)9-7-14;/h3,6-9,16,19H,1,4-5,10-13H2,2H3,(H,20,22);1H. The first kappa shape index (κ1) is 21.0. The summed E-state index contributed by atoms with van der Waals surface area (Å²) in [6.07, 6.45) is 3.77. The summed E-state index contributed by atoms with van der Waals surface area (Å²) in [4.78, 5) is 26.4. The van der Waals surface area contributed by atoms with Crippen molar-refractivity contribution in [2.24, 2.45) is 0 Å². The molecule has 1 aliphatic rings. The Morgan fingerprint density at radius 1 is 1.44 bits per heavy atom. The van der Waals surface area contributed by atoms with Gasteiger partial charge in [0.2, 0.25) is 11.8 Å². The van der Waals surface area contributed by atoms with E-state index in [9.17, 15) is 9.59 Å². The normalized spacial score (nSPS) is 16.8. The van der Waals surface area contributed by atoms with Gasteiger partial charge >= 0.3 is 0 Å². The molecule has 0 aromatic heterocycles. The number of halogens is 1. The quantitative estimate of drug-likeness (QED) is 0.546. The Balaban J connectivity index is 0.00000312. The second kappa shape index (κ2) is 10.7. The van der Waals surface area contributed by atoms with E-state index in [1.165, 1.54) is 0 Å². The van der Waals surface area contributed by atoms with Crippen LogP contribution in [-0.2, 0) is 9.59 Å². The summed E-state index contributed by atoms with van der Waals surface area (Å²) in [7, 11) is 1.59. The highest BCUT2D eigenvalue weighted by atomic mass is 35.5. The first-order valence-corrected chi connectivity index (χ1v) is 8.21. The van der Waals surface area contributed by atoms with Crippen LogP contribution in [0.4, 0.5) is 5.69 Å². The summed E-state index contributed by atoms with van der Waals surface area (Å²) < 4.78 is 5.08. The minimum absolute atomic E-state index is 0. The van der Waals surface area contributed by atoms with Crippen LogP contribution in [0.5, 0.6) is 5.75 Å². The molecule has 1 unspecified atom stereocenters. The fourth-order valence-electron chi connectivity index (χ4n) is 2.67. The molecule has 0 bridgehead atoms. The molecule has 6 nitrogen and oxygen atoms in total. The van der Waals surface area contributed by atoms with Crippen molar-refractivity contribution in [3.8, 4) is 5.75 Å². The molecule has 1 aromatic carbocycles. The van der Waals surface area contributed by atoms with Crippen molar-refractivity contribution in [1.29, 1.82) is 0 Å². The number of rotatable bonds is 8. The lowest BCUT2D eigenvalue weighted by Crippen LogP contribution is -2.56. The average molecular weight is 368 g/mol. The number of hydrogen-bond acceptors (Lipinski definition) is 4. The third kappa shape index (κ3) is 6.40. The van der Waals surface area contributed by atoms with Gasteiger partial charge < -0.3 is 20.3 Å². The van der Waals surface area contributed by atoms with Gasteiger partial charge in [0.1, 0.15) is 5.75 Å². The monoisotopic (exact) mass is 367 g/mol. The van der Waals surface area contributed by atoms with E-state index in [0.717, 1.165) is 18.6 Å². The molecule has 1 fully saturated rings. The average Bonchev–Trinajstić information content (AvgIpc) is 2.59. The van der Waals surface area contributed by atoms with Crippen molar-refractivity contribution < 1.29 is 14.3 Å². The number of piperazine rings is 1. The maximum absolute atomic E-state index is 12.4. The molecule has 0 radical (unpaired) electrons. The summed E-state index contributed by atoms with van der Waals surface area (Å²) in [6.45, 7) is 5.80. The predicted octanol–water partition coefficient (Wildman–Crippen LogP) is 2.21. The molecule has 2 rings (SSSR count). The molecule has 1 heterocycles. The van der Waals surface area contributed by atoms with Gasteiger partial charge in [-0.1, -0.05) is 6.08 Å². The predicted molar refractivity (Wildman–Crippen MR) is 101 cm³/mol. The van der Waals surface area contributed by atoms with Crippen molar-refractivity contribution in [3.63, 3.8) is 0 Å². The third-order valence-corrected chi connectivity index (χ3v) is 3.98. The van der Waals surface area contributed by atoms with Gasteiger partial charge in [0.15, 0.2) is 0 Å². The SMILES string of the molecule is C=CCCCN1CCNC(CC(=O)Nc2ccc(OC)cc2)C1=O.Cl. The lowest BCUT2D eigenvalue weighted by Gasteiger charge is -2.33. The van der Waals surface area contributed by atoms with Crippen LogP contribution in [0.15, 0.2) is 36.9 Å². The Labute approximate surface area is 155 Å². The third-order valence-electron chi connectivity index (χ3n) is 3.98. The smallest absolute Gasteiger partial charge is 0.240 e. The van der Waals surface area contributed by atoms with Crippen molar-refractivity contribution in [2.75, 3.05) is 32.1 Å². The van der Waals surface area contributed by atoms with Gasteiger partial charge in [-0.15, -0.1) is 19.0 Å². The highest BCUT2D eigenvalue weighted by molar-refractivity contribution is 5.95. The molecule has 1 aromatic rings. The number of nitrogens with zero attached hydrogens (tertiary/aromatic N) is 1. The van der Waals surface area contributed by atoms with Crippen molar-refractivity contribution in [3.05, 3.63) is 36.9 Å². The fourth-order valence-corrected chi connectivity index (χ4v) is 2.67. The van der Waals surface area contributed by atoms with Gasteiger partial charge in [0.25, 0.3) is 0 Å². The molecule has 1 atom stereocenters. The summed E-state index contributed by atoms with van der Waals surface area (Å²) in [6, 6.07) is 6.64. The van der Waals surface area contributed by atoms with Crippen molar-refractivity contribution >= 4 is 29.9 Å². The largest absolute Gasteiger partial charge is 0.497 e. The molecule has 1 saturated heterocycles. The van der Waals surface area contributed by atoms with Crippen molar-refractivity contribution in [2.45, 2.75) is 25.3 Å². The van der Waals surface area contributed by atoms with E-state index in [2.05, 4.69) is 17.2 Å². The lowest BCUT2D eigenvalue weighted by atomic mass is 10.1. The number of ether oxygens (including phenoxy) is 1. The number of benzene rings is 1. The highest BCUT2D eigenvalue weighted by Crippen LogP contribution is 2.16. The van der Waals surface area contributed by atoms with Crippen LogP contribution in [-0.4, -0.2) is 49.5 Å². The van der Waals surface area contributed by atoms with E-state index < -0.39 is 6.04 Å². The Bertz CT molecular complexity index is 577. The summed E-state index contributed by atoms with van der Waals surface area (Å²) in [5.41, 5.74) is 0.687. The molecular weight excluding hydrogens is 342 g/mol. The fraction of sp³-hybridized carbons (Fsp3) is 0.444. The van der Waals surface area contributed by atoms with E-state index in [1.54, 1.807) is 31.4 Å². The molecule has 0 spiro atoms. The molecule has 138 valence electrons. The van der Waals surface area contributed by atoms with Gasteiger partial charge in [-0.2, -0.15) is 0 Å². The summed E-state index contributed by atoms with van der Waals surface area (Å²) >= 11 is 0. The number of hydrogen-bond donors (Lipinski definition) is 2. The second-order valence-corrected chi connectivity index (χ2v) is 5.74. The lowest BCUT2D eigenvalue weighted by molar-refractivity contribution is -0.137. The zero-order valence-electron chi connectivity index (χ0n) is 14.5. The number of amides is 2. The van der Waals surface area contributed by atoms with Gasteiger partial charge in [-0.25, -0.2) is 0 Å². The van der Waals surface area contributed by atoms with E-state index in [-0.39, 0.29) is 30.6 Å². The molecular formula is C18H26ClN3O3. The Morgan fingerprint density at radius 2 is 2.16 bits per heavy atom. The first-order chi connectivity index (χ1) is 11.6. The molecule has 1 aliphatic heterocycles. The van der Waals surface area contributed by atoms with Crippen LogP contribution in [0.3, 0.4) is 0 Å². The number of methoxy groups -OCH3 is 1. The molecule has 2 N–H and O–H groups in total. The van der Waals surface area contributed by atoms with Crippen LogP contribution in [0.2, 0.25) is 0 Å². The topological polar surface area (TPSA) is 70.7 Å². The van der Waals surface area contributed by atoms with Crippen LogP contribution < -0.4 is 15.4 Å². The van der Waals surface area contributed by atoms with E-state index in [4.69, 9.17) is 4.74 Å².